The van der Waals surface area contributed by atoms with Crippen molar-refractivity contribution in [3.8, 4) is 0 Å². The van der Waals surface area contributed by atoms with Gasteiger partial charge in [-0.3, -0.25) is 9.36 Å². The first-order valence-corrected chi connectivity index (χ1v) is 7.98. The van der Waals surface area contributed by atoms with Crippen LogP contribution in [0.3, 0.4) is 0 Å². The van der Waals surface area contributed by atoms with E-state index >= 15 is 0 Å². The van der Waals surface area contributed by atoms with Crippen molar-refractivity contribution in [3.05, 3.63) is 74.7 Å². The maximum Gasteiger partial charge on any atom is 0.261 e. The van der Waals surface area contributed by atoms with Gasteiger partial charge in [0.1, 0.15) is 5.82 Å². The number of rotatable bonds is 1. The Morgan fingerprint density at radius 3 is 2.68 bits per heavy atom. The van der Waals surface area contributed by atoms with E-state index in [2.05, 4.69) is 34.1 Å². The third-order valence-electron chi connectivity index (χ3n) is 3.96. The van der Waals surface area contributed by atoms with Gasteiger partial charge >= 0.3 is 0 Å². The standard InChI is InChI=1S/C18H13BrN2O/c19-14-7-5-12(6-8-14)11-13-9-10-21-17(13)20-16-4-2-1-3-15(16)18(21)22/h1-8,11H,9-10H2. The number of fused-ring (bicyclic) bond motifs is 2. The lowest BCUT2D eigenvalue weighted by Crippen LogP contribution is -2.20. The molecule has 22 heavy (non-hydrogen) atoms. The van der Waals surface area contributed by atoms with Crippen molar-refractivity contribution in [1.82, 2.24) is 9.55 Å². The number of para-hydroxylation sites is 1. The molecule has 3 aromatic rings. The fourth-order valence-corrected chi connectivity index (χ4v) is 3.13. The van der Waals surface area contributed by atoms with Crippen molar-refractivity contribution < 1.29 is 0 Å². The second kappa shape index (κ2) is 5.21. The van der Waals surface area contributed by atoms with Crippen LogP contribution in [0.25, 0.3) is 22.6 Å². The fourth-order valence-electron chi connectivity index (χ4n) is 2.86. The van der Waals surface area contributed by atoms with Gasteiger partial charge < -0.3 is 0 Å². The average molecular weight is 353 g/mol. The van der Waals surface area contributed by atoms with Crippen molar-refractivity contribution in [3.63, 3.8) is 0 Å². The van der Waals surface area contributed by atoms with Crippen LogP contribution in [0.2, 0.25) is 0 Å². The van der Waals surface area contributed by atoms with Gasteiger partial charge in [0.25, 0.3) is 5.56 Å². The average Bonchev–Trinajstić information content (AvgIpc) is 2.93. The number of nitrogens with zero attached hydrogens (tertiary/aromatic N) is 2. The predicted octanol–water partition coefficient (Wildman–Crippen LogP) is 4.10. The Bertz CT molecular complexity index is 955. The zero-order valence-electron chi connectivity index (χ0n) is 11.8. The molecule has 0 saturated heterocycles. The smallest absolute Gasteiger partial charge is 0.261 e. The summed E-state index contributed by atoms with van der Waals surface area (Å²) in [5.74, 6) is 0.798. The topological polar surface area (TPSA) is 34.9 Å². The molecule has 0 atom stereocenters. The summed E-state index contributed by atoms with van der Waals surface area (Å²) in [4.78, 5) is 17.2. The minimum absolute atomic E-state index is 0.0554. The van der Waals surface area contributed by atoms with Crippen molar-refractivity contribution in [2.24, 2.45) is 0 Å². The molecule has 2 heterocycles. The molecule has 0 N–H and O–H groups in total. The molecule has 1 aliphatic rings. The predicted molar refractivity (Wildman–Crippen MR) is 92.6 cm³/mol. The maximum absolute atomic E-state index is 12.6. The molecule has 0 saturated carbocycles. The molecule has 3 nitrogen and oxygen atoms in total. The summed E-state index contributed by atoms with van der Waals surface area (Å²) >= 11 is 3.44. The summed E-state index contributed by atoms with van der Waals surface area (Å²) < 4.78 is 2.84. The molecule has 0 bridgehead atoms. The van der Waals surface area contributed by atoms with Crippen molar-refractivity contribution in [2.45, 2.75) is 13.0 Å². The highest BCUT2D eigenvalue weighted by Gasteiger charge is 2.20. The van der Waals surface area contributed by atoms with Crippen LogP contribution in [0.1, 0.15) is 17.8 Å². The van der Waals surface area contributed by atoms with Gasteiger partial charge in [0.2, 0.25) is 0 Å². The van der Waals surface area contributed by atoms with E-state index in [-0.39, 0.29) is 5.56 Å². The zero-order valence-corrected chi connectivity index (χ0v) is 13.4. The van der Waals surface area contributed by atoms with Crippen LogP contribution in [-0.4, -0.2) is 9.55 Å². The van der Waals surface area contributed by atoms with E-state index < -0.39 is 0 Å². The summed E-state index contributed by atoms with van der Waals surface area (Å²) in [7, 11) is 0. The maximum atomic E-state index is 12.6. The van der Waals surface area contributed by atoms with Gasteiger partial charge in [0.05, 0.1) is 10.9 Å². The van der Waals surface area contributed by atoms with Gasteiger partial charge in [0.15, 0.2) is 0 Å². The molecule has 4 heteroatoms. The van der Waals surface area contributed by atoms with Crippen LogP contribution in [0, 0.1) is 0 Å². The SMILES string of the molecule is O=c1c2ccccc2nc2n1CCC2=Cc1ccc(Br)cc1. The monoisotopic (exact) mass is 352 g/mol. The summed E-state index contributed by atoms with van der Waals surface area (Å²) in [6, 6.07) is 15.7. The second-order valence-corrected chi connectivity index (χ2v) is 6.30. The number of hydrogen-bond donors (Lipinski definition) is 0. The minimum atomic E-state index is 0.0554. The lowest BCUT2D eigenvalue weighted by Gasteiger charge is -2.05. The Kier molecular flexibility index (Phi) is 3.19. The first-order valence-electron chi connectivity index (χ1n) is 7.18. The minimum Gasteiger partial charge on any atom is -0.292 e. The van der Waals surface area contributed by atoms with Crippen molar-refractivity contribution >= 4 is 38.5 Å². The van der Waals surface area contributed by atoms with Crippen LogP contribution < -0.4 is 5.56 Å². The molecule has 0 unspecified atom stereocenters. The Hall–Kier alpha value is -2.20. The van der Waals surface area contributed by atoms with Gasteiger partial charge in [-0.25, -0.2) is 4.98 Å². The molecule has 0 amide bonds. The molecule has 0 radical (unpaired) electrons. The molecule has 0 fully saturated rings. The number of allylic oxidation sites excluding steroid dienone is 1. The van der Waals surface area contributed by atoms with E-state index in [1.807, 2.05) is 36.4 Å². The van der Waals surface area contributed by atoms with E-state index in [4.69, 9.17) is 4.98 Å². The van der Waals surface area contributed by atoms with Crippen LogP contribution in [0.15, 0.2) is 57.8 Å². The van der Waals surface area contributed by atoms with Crippen molar-refractivity contribution in [1.29, 1.82) is 0 Å². The van der Waals surface area contributed by atoms with Gasteiger partial charge in [-0.1, -0.05) is 40.2 Å². The van der Waals surface area contributed by atoms with Gasteiger partial charge in [-0.2, -0.15) is 0 Å². The second-order valence-electron chi connectivity index (χ2n) is 5.38. The molecule has 108 valence electrons. The highest BCUT2D eigenvalue weighted by Crippen LogP contribution is 2.27. The molecule has 0 spiro atoms. The molecular weight excluding hydrogens is 340 g/mol. The van der Waals surface area contributed by atoms with E-state index in [0.717, 1.165) is 33.4 Å². The molecule has 2 aromatic carbocycles. The Morgan fingerprint density at radius 1 is 1.09 bits per heavy atom. The normalized spacial score (nSPS) is 15.4. The van der Waals surface area contributed by atoms with Crippen LogP contribution in [-0.2, 0) is 6.54 Å². The fraction of sp³-hybridized carbons (Fsp3) is 0.111. The Morgan fingerprint density at radius 2 is 1.86 bits per heavy atom. The summed E-state index contributed by atoms with van der Waals surface area (Å²) in [5.41, 5.74) is 3.06. The lowest BCUT2D eigenvalue weighted by atomic mass is 10.1. The number of benzene rings is 2. The Labute approximate surface area is 136 Å². The summed E-state index contributed by atoms with van der Waals surface area (Å²) in [6.07, 6.45) is 2.96. The van der Waals surface area contributed by atoms with E-state index in [9.17, 15) is 4.79 Å². The van der Waals surface area contributed by atoms with Crippen molar-refractivity contribution in [2.75, 3.05) is 0 Å². The highest BCUT2D eigenvalue weighted by molar-refractivity contribution is 9.10. The van der Waals surface area contributed by atoms with E-state index in [1.165, 1.54) is 0 Å². The molecular formula is C18H13BrN2O. The molecule has 0 aliphatic carbocycles. The third kappa shape index (κ3) is 2.20. The largest absolute Gasteiger partial charge is 0.292 e. The van der Waals surface area contributed by atoms with Crippen LogP contribution in [0.5, 0.6) is 0 Å². The first-order chi connectivity index (χ1) is 10.7. The third-order valence-corrected chi connectivity index (χ3v) is 4.49. The van der Waals surface area contributed by atoms with Crippen LogP contribution in [0.4, 0.5) is 0 Å². The van der Waals surface area contributed by atoms with Gasteiger partial charge in [-0.05, 0) is 47.9 Å². The zero-order chi connectivity index (χ0) is 15.1. The van der Waals surface area contributed by atoms with Gasteiger partial charge in [0, 0.05) is 11.0 Å². The number of aromatic nitrogens is 2. The van der Waals surface area contributed by atoms with Gasteiger partial charge in [-0.15, -0.1) is 0 Å². The summed E-state index contributed by atoms with van der Waals surface area (Å²) in [5, 5.41) is 0.691. The van der Waals surface area contributed by atoms with E-state index in [1.54, 1.807) is 4.57 Å². The first kappa shape index (κ1) is 13.5. The van der Waals surface area contributed by atoms with E-state index in [0.29, 0.717) is 11.9 Å². The quantitative estimate of drug-likeness (QED) is 0.660. The molecule has 1 aromatic heterocycles. The Balaban J connectivity index is 1.88. The number of halogens is 1. The lowest BCUT2D eigenvalue weighted by molar-refractivity contribution is 0.725. The molecule has 1 aliphatic heterocycles. The molecule has 4 rings (SSSR count). The summed E-state index contributed by atoms with van der Waals surface area (Å²) in [6.45, 7) is 0.703. The highest BCUT2D eigenvalue weighted by atomic mass is 79.9. The van der Waals surface area contributed by atoms with Crippen LogP contribution >= 0.6 is 15.9 Å². The number of hydrogen-bond acceptors (Lipinski definition) is 2.